The van der Waals surface area contributed by atoms with E-state index >= 15 is 0 Å². The number of ether oxygens (including phenoxy) is 2. The summed E-state index contributed by atoms with van der Waals surface area (Å²) in [5, 5.41) is 3.06. The van der Waals surface area contributed by atoms with Crippen molar-refractivity contribution >= 4 is 6.72 Å². The van der Waals surface area contributed by atoms with Crippen molar-refractivity contribution in [2.45, 2.75) is 12.8 Å². The molecule has 0 unspecified atom stereocenters. The zero-order chi connectivity index (χ0) is 15.8. The number of aliphatic imine (C=N–C) groups is 1. The summed E-state index contributed by atoms with van der Waals surface area (Å²) in [6.07, 6.45) is 8.86. The Morgan fingerprint density at radius 1 is 1.41 bits per heavy atom. The van der Waals surface area contributed by atoms with Crippen molar-refractivity contribution in [1.29, 1.82) is 0 Å². The minimum absolute atomic E-state index is 0.114. The third-order valence-corrected chi connectivity index (χ3v) is 2.92. The van der Waals surface area contributed by atoms with E-state index in [4.69, 9.17) is 9.47 Å². The summed E-state index contributed by atoms with van der Waals surface area (Å²) in [7, 11) is 1.54. The van der Waals surface area contributed by atoms with Crippen molar-refractivity contribution in [2.75, 3.05) is 13.7 Å². The average molecular weight is 304 g/mol. The molecule has 0 atom stereocenters. The first-order valence-electron chi connectivity index (χ1n) is 6.67. The van der Waals surface area contributed by atoms with Gasteiger partial charge >= 0.3 is 6.01 Å². The number of nitrogens with zero attached hydrogens (tertiary/aromatic N) is 3. The first-order chi connectivity index (χ1) is 10.7. The monoisotopic (exact) mass is 304 g/mol. The van der Waals surface area contributed by atoms with E-state index in [0.29, 0.717) is 24.3 Å². The van der Waals surface area contributed by atoms with Crippen LogP contribution in [0, 0.1) is 0 Å². The number of halogens is 1. The lowest BCUT2D eigenvalue weighted by molar-refractivity contribution is 0.318. The maximum atomic E-state index is 12.9. The van der Waals surface area contributed by atoms with Crippen molar-refractivity contribution < 1.29 is 13.9 Å². The summed E-state index contributed by atoms with van der Waals surface area (Å²) in [4.78, 5) is 11.8. The number of rotatable bonds is 7. The molecule has 1 aliphatic carbocycles. The van der Waals surface area contributed by atoms with E-state index in [0.717, 1.165) is 5.70 Å². The zero-order valence-electron chi connectivity index (χ0n) is 12.3. The van der Waals surface area contributed by atoms with Crippen molar-refractivity contribution in [2.24, 2.45) is 4.99 Å². The van der Waals surface area contributed by atoms with Gasteiger partial charge in [0.25, 0.3) is 0 Å². The number of aromatic nitrogens is 2. The van der Waals surface area contributed by atoms with Crippen LogP contribution in [0.3, 0.4) is 0 Å². The highest BCUT2D eigenvalue weighted by Crippen LogP contribution is 2.17. The first-order valence-corrected chi connectivity index (χ1v) is 6.67. The maximum Gasteiger partial charge on any atom is 0.316 e. The Bertz CT molecular complexity index is 608. The summed E-state index contributed by atoms with van der Waals surface area (Å²) >= 11 is 0. The minimum Gasteiger partial charge on any atom is -0.494 e. The number of hydrogen-bond acceptors (Lipinski definition) is 6. The van der Waals surface area contributed by atoms with Gasteiger partial charge in [0.15, 0.2) is 5.75 Å². The summed E-state index contributed by atoms with van der Waals surface area (Å²) in [6, 6.07) is 0.220. The summed E-state index contributed by atoms with van der Waals surface area (Å²) < 4.78 is 23.3. The van der Waals surface area contributed by atoms with Crippen LogP contribution in [0.4, 0.5) is 4.39 Å². The lowest BCUT2D eigenvalue weighted by Crippen LogP contribution is -2.11. The van der Waals surface area contributed by atoms with Gasteiger partial charge in [0.05, 0.1) is 25.2 Å². The third kappa shape index (κ3) is 4.69. The van der Waals surface area contributed by atoms with Gasteiger partial charge in [0, 0.05) is 18.3 Å². The lowest BCUT2D eigenvalue weighted by atomic mass is 10.1. The molecule has 0 saturated heterocycles. The molecule has 0 radical (unpaired) electrons. The third-order valence-electron chi connectivity index (χ3n) is 2.92. The largest absolute Gasteiger partial charge is 0.494 e. The van der Waals surface area contributed by atoms with Crippen LogP contribution < -0.4 is 14.8 Å². The maximum absolute atomic E-state index is 12.9. The van der Waals surface area contributed by atoms with Gasteiger partial charge < -0.3 is 14.8 Å². The molecule has 6 nitrogen and oxygen atoms in total. The van der Waals surface area contributed by atoms with Gasteiger partial charge in [-0.2, -0.15) is 9.97 Å². The van der Waals surface area contributed by atoms with Gasteiger partial charge in [0.2, 0.25) is 0 Å². The van der Waals surface area contributed by atoms with E-state index < -0.39 is 0 Å². The Kier molecular flexibility index (Phi) is 5.65. The number of allylic oxidation sites excluding steroid dienone is 4. The predicted octanol–water partition coefficient (Wildman–Crippen LogP) is 2.53. The van der Waals surface area contributed by atoms with Gasteiger partial charge in [-0.3, -0.25) is 4.99 Å². The molecule has 0 aliphatic heterocycles. The molecular formula is C15H17FN4O2. The normalized spacial score (nSPS) is 14.7. The Morgan fingerprint density at radius 3 is 2.77 bits per heavy atom. The van der Waals surface area contributed by atoms with E-state index in [1.54, 1.807) is 12.3 Å². The second-order valence-corrected chi connectivity index (χ2v) is 4.44. The van der Waals surface area contributed by atoms with E-state index in [2.05, 4.69) is 27.0 Å². The number of hydrogen-bond donors (Lipinski definition) is 1. The zero-order valence-corrected chi connectivity index (χ0v) is 12.3. The molecule has 0 amide bonds. The van der Waals surface area contributed by atoms with Gasteiger partial charge in [-0.25, -0.2) is 4.39 Å². The van der Waals surface area contributed by atoms with Crippen molar-refractivity contribution in [1.82, 2.24) is 15.3 Å². The SMILES string of the molecule is C=N/C(=C\NC1=CC=C(F)CC1)COc1ncc(OC)cn1. The van der Waals surface area contributed by atoms with Gasteiger partial charge in [-0.1, -0.05) is 0 Å². The first kappa shape index (κ1) is 15.7. The topological polar surface area (TPSA) is 68.6 Å². The molecule has 0 spiro atoms. The Hall–Kier alpha value is -2.70. The van der Waals surface area contributed by atoms with Gasteiger partial charge in [-0.05, 0) is 25.3 Å². The molecule has 22 heavy (non-hydrogen) atoms. The van der Waals surface area contributed by atoms with Crippen LogP contribution in [0.25, 0.3) is 0 Å². The van der Waals surface area contributed by atoms with Crippen LogP contribution in [0.2, 0.25) is 0 Å². The fourth-order valence-electron chi connectivity index (χ4n) is 1.66. The quantitative estimate of drug-likeness (QED) is 0.784. The molecular weight excluding hydrogens is 287 g/mol. The number of methoxy groups -OCH3 is 1. The molecule has 7 heteroatoms. The van der Waals surface area contributed by atoms with Crippen LogP contribution in [-0.4, -0.2) is 30.4 Å². The summed E-state index contributed by atoms with van der Waals surface area (Å²) in [5.41, 5.74) is 1.48. The highest BCUT2D eigenvalue weighted by molar-refractivity contribution is 5.30. The lowest BCUT2D eigenvalue weighted by Gasteiger charge is -2.11. The van der Waals surface area contributed by atoms with Crippen LogP contribution in [-0.2, 0) is 0 Å². The Labute approximate surface area is 128 Å². The fourth-order valence-corrected chi connectivity index (χ4v) is 1.66. The molecule has 1 aromatic rings. The van der Waals surface area contributed by atoms with Crippen LogP contribution in [0.1, 0.15) is 12.8 Å². The number of nitrogens with one attached hydrogen (secondary N) is 1. The highest BCUT2D eigenvalue weighted by atomic mass is 19.1. The second-order valence-electron chi connectivity index (χ2n) is 4.44. The van der Waals surface area contributed by atoms with E-state index in [1.807, 2.05) is 0 Å². The van der Waals surface area contributed by atoms with Crippen LogP contribution >= 0.6 is 0 Å². The molecule has 1 aromatic heterocycles. The molecule has 116 valence electrons. The molecule has 1 aliphatic rings. The molecule has 1 heterocycles. The van der Waals surface area contributed by atoms with E-state index in [9.17, 15) is 4.39 Å². The fraction of sp³-hybridized carbons (Fsp3) is 0.267. The standard InChI is InChI=1S/C15H17FN4O2/c1-17-13(7-18-12-5-3-11(16)4-6-12)10-22-15-19-8-14(21-2)9-20-15/h3,5,7-9,18H,1,4,6,10H2,2H3/b13-7-. The Morgan fingerprint density at radius 2 is 2.18 bits per heavy atom. The van der Waals surface area contributed by atoms with Crippen LogP contribution in [0.15, 0.2) is 53.0 Å². The van der Waals surface area contributed by atoms with Crippen molar-refractivity contribution in [3.8, 4) is 11.8 Å². The Balaban J connectivity index is 1.88. The van der Waals surface area contributed by atoms with Gasteiger partial charge in [-0.15, -0.1) is 0 Å². The van der Waals surface area contributed by atoms with Crippen molar-refractivity contribution in [3.63, 3.8) is 0 Å². The molecule has 1 N–H and O–H groups in total. The molecule has 0 saturated carbocycles. The van der Waals surface area contributed by atoms with Crippen LogP contribution in [0.5, 0.6) is 11.8 Å². The smallest absolute Gasteiger partial charge is 0.316 e. The van der Waals surface area contributed by atoms with Crippen molar-refractivity contribution in [3.05, 3.63) is 48.0 Å². The second kappa shape index (κ2) is 7.92. The molecule has 0 bridgehead atoms. The average Bonchev–Trinajstić information content (AvgIpc) is 2.57. The predicted molar refractivity (Wildman–Crippen MR) is 81.4 cm³/mol. The molecule has 0 aromatic carbocycles. The summed E-state index contributed by atoms with van der Waals surface area (Å²) in [6.45, 7) is 3.65. The van der Waals surface area contributed by atoms with E-state index in [1.165, 1.54) is 25.6 Å². The molecule has 2 rings (SSSR count). The summed E-state index contributed by atoms with van der Waals surface area (Å²) in [5.74, 6) is 0.438. The molecule has 0 fully saturated rings. The minimum atomic E-state index is -0.114. The van der Waals surface area contributed by atoms with E-state index in [-0.39, 0.29) is 18.4 Å². The van der Waals surface area contributed by atoms with Gasteiger partial charge in [0.1, 0.15) is 12.4 Å². The highest BCUT2D eigenvalue weighted by Gasteiger charge is 2.05.